The molecular weight excluding hydrogens is 338 g/mol. The first kappa shape index (κ1) is 18.2. The molecule has 0 saturated carbocycles. The van der Waals surface area contributed by atoms with Gasteiger partial charge in [-0.15, -0.1) is 0 Å². The number of piperidine rings is 1. The van der Waals surface area contributed by atoms with Gasteiger partial charge in [-0.05, 0) is 43.1 Å². The molecule has 1 aromatic carbocycles. The molecule has 1 heterocycles. The number of nitrogens with one attached hydrogen (secondary N) is 2. The summed E-state index contributed by atoms with van der Waals surface area (Å²) in [5.41, 5.74) is 0. The molecule has 0 aromatic heterocycles. The summed E-state index contributed by atoms with van der Waals surface area (Å²) in [6.45, 7) is 3.52. The molecule has 1 aliphatic rings. The monoisotopic (exact) mass is 359 g/mol. The zero-order chi connectivity index (χ0) is 17.0. The van der Waals surface area contributed by atoms with Crippen LogP contribution in [0.3, 0.4) is 0 Å². The molecule has 0 radical (unpaired) electrons. The normalized spacial score (nSPS) is 22.1. The van der Waals surface area contributed by atoms with Crippen LogP contribution >= 0.6 is 11.6 Å². The van der Waals surface area contributed by atoms with Crippen molar-refractivity contribution in [2.75, 3.05) is 26.7 Å². The predicted octanol–water partition coefficient (Wildman–Crippen LogP) is 1.07. The van der Waals surface area contributed by atoms with Crippen LogP contribution in [0.15, 0.2) is 29.2 Å². The molecule has 1 saturated heterocycles. The number of amides is 1. The summed E-state index contributed by atoms with van der Waals surface area (Å²) < 4.78 is 25.9. The smallest absolute Gasteiger partial charge is 0.243 e. The lowest BCUT2D eigenvalue weighted by molar-refractivity contribution is -0.122. The second-order valence-electron chi connectivity index (χ2n) is 5.86. The van der Waals surface area contributed by atoms with Gasteiger partial charge in [0.15, 0.2) is 0 Å². The Morgan fingerprint density at radius 3 is 2.65 bits per heavy atom. The summed E-state index contributed by atoms with van der Waals surface area (Å²) in [6.07, 6.45) is 0.990. The highest BCUT2D eigenvalue weighted by atomic mass is 35.5. The van der Waals surface area contributed by atoms with Crippen LogP contribution < -0.4 is 10.6 Å². The van der Waals surface area contributed by atoms with E-state index < -0.39 is 10.0 Å². The number of likely N-dealkylation sites (N-methyl/N-ethyl adjacent to an activating group) is 1. The molecular formula is C15H22ClN3O3S. The Labute approximate surface area is 142 Å². The van der Waals surface area contributed by atoms with E-state index in [1.54, 1.807) is 0 Å². The summed E-state index contributed by atoms with van der Waals surface area (Å²) in [7, 11) is -2.31. The molecule has 1 amide bonds. The number of hydrogen-bond donors (Lipinski definition) is 2. The van der Waals surface area contributed by atoms with Gasteiger partial charge in [0.1, 0.15) is 0 Å². The molecule has 2 unspecified atom stereocenters. The maximum absolute atomic E-state index is 12.4. The fraction of sp³-hybridized carbons (Fsp3) is 0.533. The average Bonchev–Trinajstić information content (AvgIpc) is 2.50. The van der Waals surface area contributed by atoms with Crippen LogP contribution in [0.2, 0.25) is 5.02 Å². The van der Waals surface area contributed by atoms with Crippen LogP contribution in [0.4, 0.5) is 0 Å². The van der Waals surface area contributed by atoms with Crippen molar-refractivity contribution in [3.8, 4) is 0 Å². The summed E-state index contributed by atoms with van der Waals surface area (Å²) >= 11 is 5.77. The van der Waals surface area contributed by atoms with Crippen molar-refractivity contribution in [2.45, 2.75) is 24.3 Å². The van der Waals surface area contributed by atoms with Gasteiger partial charge >= 0.3 is 0 Å². The predicted molar refractivity (Wildman–Crippen MR) is 89.8 cm³/mol. The molecule has 1 aromatic rings. The molecule has 8 heteroatoms. The van der Waals surface area contributed by atoms with E-state index >= 15 is 0 Å². The fourth-order valence-corrected chi connectivity index (χ4v) is 3.76. The van der Waals surface area contributed by atoms with Crippen molar-refractivity contribution in [2.24, 2.45) is 5.92 Å². The van der Waals surface area contributed by atoms with Crippen molar-refractivity contribution in [3.63, 3.8) is 0 Å². The van der Waals surface area contributed by atoms with Gasteiger partial charge in [-0.3, -0.25) is 4.79 Å². The second-order valence-corrected chi connectivity index (χ2v) is 8.34. The Bertz CT molecular complexity index is 648. The molecule has 0 aliphatic carbocycles. The zero-order valence-electron chi connectivity index (χ0n) is 13.3. The van der Waals surface area contributed by atoms with Gasteiger partial charge in [0.25, 0.3) is 0 Å². The van der Waals surface area contributed by atoms with Crippen LogP contribution in [0.5, 0.6) is 0 Å². The number of nitrogens with zero attached hydrogens (tertiary/aromatic N) is 1. The fourth-order valence-electron chi connectivity index (χ4n) is 2.51. The van der Waals surface area contributed by atoms with E-state index in [9.17, 15) is 13.2 Å². The van der Waals surface area contributed by atoms with Crippen molar-refractivity contribution in [3.05, 3.63) is 29.3 Å². The first-order valence-corrected chi connectivity index (χ1v) is 9.34. The minimum atomic E-state index is -3.71. The standard InChI is InChI=1S/C15H22ClN3O3S/c1-11-7-8-17-9-14(11)18-15(20)10-19(2)23(21,22)13-5-3-12(16)4-6-13/h3-6,11,14,17H,7-10H2,1-2H3,(H,18,20). The van der Waals surface area contributed by atoms with Crippen LogP contribution in [-0.4, -0.2) is 51.4 Å². The molecule has 23 heavy (non-hydrogen) atoms. The first-order valence-electron chi connectivity index (χ1n) is 7.52. The Hall–Kier alpha value is -1.15. The van der Waals surface area contributed by atoms with Gasteiger partial charge in [-0.2, -0.15) is 4.31 Å². The summed E-state index contributed by atoms with van der Waals surface area (Å²) in [6, 6.07) is 5.91. The van der Waals surface area contributed by atoms with Crippen LogP contribution in [-0.2, 0) is 14.8 Å². The SMILES string of the molecule is CC1CCNCC1NC(=O)CN(C)S(=O)(=O)c1ccc(Cl)cc1. The average molecular weight is 360 g/mol. The summed E-state index contributed by atoms with van der Waals surface area (Å²) in [5, 5.41) is 6.59. The van der Waals surface area contributed by atoms with Crippen LogP contribution in [0, 0.1) is 5.92 Å². The van der Waals surface area contributed by atoms with Gasteiger partial charge in [-0.1, -0.05) is 18.5 Å². The number of hydrogen-bond acceptors (Lipinski definition) is 4. The number of carbonyl (C=O) groups excluding carboxylic acids is 1. The van der Waals surface area contributed by atoms with Crippen molar-refractivity contribution >= 4 is 27.5 Å². The molecule has 6 nitrogen and oxygen atoms in total. The second kappa shape index (κ2) is 7.61. The largest absolute Gasteiger partial charge is 0.351 e. The number of carbonyl (C=O) groups is 1. The molecule has 0 bridgehead atoms. The number of halogens is 1. The summed E-state index contributed by atoms with van der Waals surface area (Å²) in [4.78, 5) is 12.2. The topological polar surface area (TPSA) is 78.5 Å². The highest BCUT2D eigenvalue weighted by molar-refractivity contribution is 7.89. The molecule has 0 spiro atoms. The Kier molecular flexibility index (Phi) is 6.02. The van der Waals surface area contributed by atoms with Crippen LogP contribution in [0.1, 0.15) is 13.3 Å². The molecule has 2 N–H and O–H groups in total. The van der Waals surface area contributed by atoms with Gasteiger partial charge in [-0.25, -0.2) is 8.42 Å². The third-order valence-corrected chi connectivity index (χ3v) is 6.13. The molecule has 1 fully saturated rings. The van der Waals surface area contributed by atoms with Crippen molar-refractivity contribution < 1.29 is 13.2 Å². The Morgan fingerprint density at radius 1 is 1.39 bits per heavy atom. The molecule has 1 aliphatic heterocycles. The first-order chi connectivity index (χ1) is 10.8. The lowest BCUT2D eigenvalue weighted by Gasteiger charge is -2.30. The lowest BCUT2D eigenvalue weighted by atomic mass is 9.95. The lowest BCUT2D eigenvalue weighted by Crippen LogP contribution is -2.52. The van der Waals surface area contributed by atoms with Crippen LogP contribution in [0.25, 0.3) is 0 Å². The van der Waals surface area contributed by atoms with Crippen molar-refractivity contribution in [1.29, 1.82) is 0 Å². The minimum Gasteiger partial charge on any atom is -0.351 e. The van der Waals surface area contributed by atoms with E-state index in [0.717, 1.165) is 17.3 Å². The molecule has 2 atom stereocenters. The van der Waals surface area contributed by atoms with E-state index in [2.05, 4.69) is 17.6 Å². The maximum atomic E-state index is 12.4. The van der Waals surface area contributed by atoms with E-state index in [1.165, 1.54) is 31.3 Å². The number of rotatable bonds is 5. The molecule has 2 rings (SSSR count). The summed E-state index contributed by atoms with van der Waals surface area (Å²) in [5.74, 6) is 0.0731. The highest BCUT2D eigenvalue weighted by Crippen LogP contribution is 2.17. The van der Waals surface area contributed by atoms with Gasteiger partial charge in [0.2, 0.25) is 15.9 Å². The van der Waals surface area contributed by atoms with E-state index in [4.69, 9.17) is 11.6 Å². The Balaban J connectivity index is 1.98. The van der Waals surface area contributed by atoms with Gasteiger partial charge in [0.05, 0.1) is 11.4 Å². The molecule has 128 valence electrons. The third kappa shape index (κ3) is 4.67. The van der Waals surface area contributed by atoms with Gasteiger partial charge < -0.3 is 10.6 Å². The van der Waals surface area contributed by atoms with E-state index in [1.807, 2.05) is 0 Å². The minimum absolute atomic E-state index is 0.0304. The zero-order valence-corrected chi connectivity index (χ0v) is 14.8. The number of benzene rings is 1. The quantitative estimate of drug-likeness (QED) is 0.824. The maximum Gasteiger partial charge on any atom is 0.243 e. The van der Waals surface area contributed by atoms with Gasteiger partial charge in [0, 0.05) is 24.7 Å². The Morgan fingerprint density at radius 2 is 2.04 bits per heavy atom. The third-order valence-electron chi connectivity index (χ3n) is 4.06. The van der Waals surface area contributed by atoms with Crippen molar-refractivity contribution in [1.82, 2.24) is 14.9 Å². The highest BCUT2D eigenvalue weighted by Gasteiger charge is 2.26. The number of sulfonamides is 1. The van der Waals surface area contributed by atoms with E-state index in [-0.39, 0.29) is 23.4 Å². The van der Waals surface area contributed by atoms with E-state index in [0.29, 0.717) is 17.5 Å².